The standard InChI is InChI=1S/C25H20F2N2O3/c26-20-6-1-17(2-7-20)23-15-19(5-10-22(23)25(30)31)24(18-3-8-21(27)9-4-18)32-14-13-29-12-11-28-16-29/h1-12,15-16,24H,13-14H2,(H,30,31). The van der Waals surface area contributed by atoms with E-state index in [1.54, 1.807) is 36.8 Å². The van der Waals surface area contributed by atoms with Gasteiger partial charge in [-0.1, -0.05) is 30.3 Å². The molecule has 0 bridgehead atoms. The van der Waals surface area contributed by atoms with Gasteiger partial charge in [-0.05, 0) is 58.7 Å². The molecule has 162 valence electrons. The monoisotopic (exact) mass is 434 g/mol. The molecule has 7 heteroatoms. The smallest absolute Gasteiger partial charge is 0.336 e. The van der Waals surface area contributed by atoms with Crippen LogP contribution in [0.1, 0.15) is 27.6 Å². The molecule has 1 atom stereocenters. The Kier molecular flexibility index (Phi) is 6.37. The second-order valence-electron chi connectivity index (χ2n) is 7.22. The highest BCUT2D eigenvalue weighted by atomic mass is 19.1. The summed E-state index contributed by atoms with van der Waals surface area (Å²) in [5.41, 5.74) is 2.54. The molecule has 4 aromatic rings. The van der Waals surface area contributed by atoms with Gasteiger partial charge in [0.1, 0.15) is 17.7 Å². The lowest BCUT2D eigenvalue weighted by molar-refractivity contribution is 0.0694. The Labute approximate surface area is 183 Å². The number of carboxylic acid groups (broad SMARTS) is 1. The summed E-state index contributed by atoms with van der Waals surface area (Å²) >= 11 is 0. The van der Waals surface area contributed by atoms with Gasteiger partial charge in [0.25, 0.3) is 0 Å². The fourth-order valence-electron chi connectivity index (χ4n) is 3.50. The number of imidazole rings is 1. The molecule has 0 radical (unpaired) electrons. The van der Waals surface area contributed by atoms with Crippen molar-refractivity contribution < 1.29 is 23.4 Å². The van der Waals surface area contributed by atoms with E-state index in [9.17, 15) is 18.7 Å². The number of rotatable bonds is 8. The Morgan fingerprint density at radius 3 is 2.25 bits per heavy atom. The van der Waals surface area contributed by atoms with Gasteiger partial charge >= 0.3 is 5.97 Å². The van der Waals surface area contributed by atoms with Crippen LogP contribution < -0.4 is 0 Å². The molecule has 32 heavy (non-hydrogen) atoms. The van der Waals surface area contributed by atoms with Crippen LogP contribution in [0.4, 0.5) is 8.78 Å². The molecule has 4 rings (SSSR count). The number of carboxylic acids is 1. The maximum Gasteiger partial charge on any atom is 0.336 e. The second-order valence-corrected chi connectivity index (χ2v) is 7.22. The van der Waals surface area contributed by atoms with Gasteiger partial charge < -0.3 is 14.4 Å². The van der Waals surface area contributed by atoms with E-state index in [4.69, 9.17) is 4.74 Å². The minimum atomic E-state index is -1.09. The zero-order chi connectivity index (χ0) is 22.5. The summed E-state index contributed by atoms with van der Waals surface area (Å²) in [5.74, 6) is -1.86. The van der Waals surface area contributed by atoms with Crippen LogP contribution in [0.15, 0.2) is 85.5 Å². The average Bonchev–Trinajstić information content (AvgIpc) is 3.31. The van der Waals surface area contributed by atoms with Crippen molar-refractivity contribution in [3.05, 3.63) is 114 Å². The molecule has 0 spiro atoms. The SMILES string of the molecule is O=C(O)c1ccc(C(OCCn2ccnc2)c2ccc(F)cc2)cc1-c1ccc(F)cc1. The topological polar surface area (TPSA) is 64.3 Å². The van der Waals surface area contributed by atoms with Crippen molar-refractivity contribution in [3.63, 3.8) is 0 Å². The predicted octanol–water partition coefficient (Wildman–Crippen LogP) is 5.33. The Morgan fingerprint density at radius 1 is 0.969 bits per heavy atom. The van der Waals surface area contributed by atoms with Gasteiger partial charge in [0.15, 0.2) is 0 Å². The van der Waals surface area contributed by atoms with Crippen molar-refractivity contribution in [1.29, 1.82) is 0 Å². The van der Waals surface area contributed by atoms with Crippen molar-refractivity contribution >= 4 is 5.97 Å². The Morgan fingerprint density at radius 2 is 1.62 bits per heavy atom. The van der Waals surface area contributed by atoms with Crippen LogP contribution in [0.25, 0.3) is 11.1 Å². The third-order valence-electron chi connectivity index (χ3n) is 5.10. The van der Waals surface area contributed by atoms with Crippen LogP contribution >= 0.6 is 0 Å². The summed E-state index contributed by atoms with van der Waals surface area (Å²) < 4.78 is 34.9. The van der Waals surface area contributed by atoms with E-state index in [1.165, 1.54) is 42.5 Å². The molecule has 1 unspecified atom stereocenters. The minimum Gasteiger partial charge on any atom is -0.478 e. The molecule has 0 aliphatic heterocycles. The van der Waals surface area contributed by atoms with Crippen LogP contribution in [-0.4, -0.2) is 27.2 Å². The van der Waals surface area contributed by atoms with Crippen LogP contribution in [0.2, 0.25) is 0 Å². The number of benzene rings is 3. The first kappa shape index (κ1) is 21.4. The van der Waals surface area contributed by atoms with E-state index >= 15 is 0 Å². The van der Waals surface area contributed by atoms with Gasteiger partial charge in [-0.3, -0.25) is 0 Å². The first-order chi connectivity index (χ1) is 15.5. The Hall–Kier alpha value is -3.84. The molecule has 3 aromatic carbocycles. The summed E-state index contributed by atoms with van der Waals surface area (Å²) in [6.07, 6.45) is 4.63. The number of hydrogen-bond acceptors (Lipinski definition) is 3. The molecule has 0 amide bonds. The van der Waals surface area contributed by atoms with Gasteiger partial charge in [-0.25, -0.2) is 18.6 Å². The Bertz CT molecular complexity index is 1190. The fraction of sp³-hybridized carbons (Fsp3) is 0.120. The van der Waals surface area contributed by atoms with E-state index in [0.717, 1.165) is 5.56 Å². The van der Waals surface area contributed by atoms with Crippen molar-refractivity contribution in [2.24, 2.45) is 0 Å². The second kappa shape index (κ2) is 9.53. The van der Waals surface area contributed by atoms with Crippen LogP contribution in [0, 0.1) is 11.6 Å². The molecule has 0 aliphatic rings. The summed E-state index contributed by atoms with van der Waals surface area (Å²) in [5, 5.41) is 9.65. The highest BCUT2D eigenvalue weighted by Crippen LogP contribution is 2.32. The van der Waals surface area contributed by atoms with Gasteiger partial charge in [0, 0.05) is 18.9 Å². The lowest BCUT2D eigenvalue weighted by Gasteiger charge is -2.21. The molecular formula is C25H20F2N2O3. The van der Waals surface area contributed by atoms with E-state index in [-0.39, 0.29) is 11.4 Å². The number of hydrogen-bond donors (Lipinski definition) is 1. The summed E-state index contributed by atoms with van der Waals surface area (Å²) in [6, 6.07) is 16.5. The maximum absolute atomic E-state index is 13.5. The van der Waals surface area contributed by atoms with Crippen molar-refractivity contribution in [3.8, 4) is 11.1 Å². The molecule has 1 heterocycles. The third kappa shape index (κ3) is 4.90. The van der Waals surface area contributed by atoms with Crippen molar-refractivity contribution in [1.82, 2.24) is 9.55 Å². The quantitative estimate of drug-likeness (QED) is 0.407. The molecule has 1 N–H and O–H groups in total. The minimum absolute atomic E-state index is 0.0941. The molecular weight excluding hydrogens is 414 g/mol. The highest BCUT2D eigenvalue weighted by molar-refractivity contribution is 5.96. The largest absolute Gasteiger partial charge is 0.478 e. The van der Waals surface area contributed by atoms with E-state index in [1.807, 2.05) is 10.8 Å². The van der Waals surface area contributed by atoms with E-state index in [0.29, 0.717) is 29.8 Å². The van der Waals surface area contributed by atoms with Gasteiger partial charge in [0.2, 0.25) is 0 Å². The number of aromatic carboxylic acids is 1. The molecule has 5 nitrogen and oxygen atoms in total. The third-order valence-corrected chi connectivity index (χ3v) is 5.10. The summed E-state index contributed by atoms with van der Waals surface area (Å²) in [6.45, 7) is 0.917. The molecule has 0 fully saturated rings. The van der Waals surface area contributed by atoms with Gasteiger partial charge in [-0.2, -0.15) is 0 Å². The van der Waals surface area contributed by atoms with Gasteiger partial charge in [-0.15, -0.1) is 0 Å². The zero-order valence-corrected chi connectivity index (χ0v) is 17.0. The normalized spacial score (nSPS) is 11.9. The lowest BCUT2D eigenvalue weighted by atomic mass is 9.93. The van der Waals surface area contributed by atoms with Crippen LogP contribution in [0.3, 0.4) is 0 Å². The predicted molar refractivity (Wildman–Crippen MR) is 115 cm³/mol. The van der Waals surface area contributed by atoms with Crippen molar-refractivity contribution in [2.45, 2.75) is 12.6 Å². The average molecular weight is 434 g/mol. The number of ether oxygens (including phenoxy) is 1. The first-order valence-electron chi connectivity index (χ1n) is 9.97. The summed E-state index contributed by atoms with van der Waals surface area (Å²) in [7, 11) is 0. The van der Waals surface area contributed by atoms with Crippen LogP contribution in [0.5, 0.6) is 0 Å². The number of nitrogens with zero attached hydrogens (tertiary/aromatic N) is 2. The maximum atomic E-state index is 13.5. The first-order valence-corrected chi connectivity index (χ1v) is 9.97. The number of carbonyl (C=O) groups is 1. The molecule has 0 saturated heterocycles. The molecule has 0 aliphatic carbocycles. The Balaban J connectivity index is 1.71. The van der Waals surface area contributed by atoms with Gasteiger partial charge in [0.05, 0.1) is 18.5 Å². The van der Waals surface area contributed by atoms with E-state index in [2.05, 4.69) is 4.98 Å². The fourth-order valence-corrected chi connectivity index (χ4v) is 3.50. The number of aromatic nitrogens is 2. The highest BCUT2D eigenvalue weighted by Gasteiger charge is 2.19. The van der Waals surface area contributed by atoms with E-state index < -0.39 is 17.9 Å². The van der Waals surface area contributed by atoms with Crippen LogP contribution in [-0.2, 0) is 11.3 Å². The lowest BCUT2D eigenvalue weighted by Crippen LogP contribution is -2.12. The zero-order valence-electron chi connectivity index (χ0n) is 17.0. The number of halogens is 2. The molecule has 0 saturated carbocycles. The molecule has 1 aromatic heterocycles. The summed E-state index contributed by atoms with van der Waals surface area (Å²) in [4.78, 5) is 15.8. The van der Waals surface area contributed by atoms with Crippen molar-refractivity contribution in [2.75, 3.05) is 6.61 Å².